The van der Waals surface area contributed by atoms with E-state index in [1.54, 1.807) is 93.7 Å². The second kappa shape index (κ2) is 37.6. The van der Waals surface area contributed by atoms with Gasteiger partial charge in [0.15, 0.2) is 18.4 Å². The number of hydrogen-bond donors (Lipinski definition) is 21. The van der Waals surface area contributed by atoms with Crippen LogP contribution in [-0.4, -0.2) is 300 Å². The zero-order valence-electron chi connectivity index (χ0n) is 52.0. The van der Waals surface area contributed by atoms with E-state index in [-0.39, 0.29) is 25.2 Å². The number of aliphatic hydroxyl groups is 19. The minimum Gasteiger partial charge on any atom is -0.462 e. The number of cyclic esters (lactones) is 1. The molecular formula is C62H100N2O28. The second-order valence-electron chi connectivity index (χ2n) is 24.6. The molecule has 5 aliphatic rings. The quantitative estimate of drug-likeness (QED) is 0.0810. The molecule has 4 saturated heterocycles. The summed E-state index contributed by atoms with van der Waals surface area (Å²) >= 11 is 0. The Hall–Kier alpha value is -3.92. The average Bonchev–Trinajstić information content (AvgIpc) is 0.835. The molecule has 0 radical (unpaired) electrons. The fraction of sp³-hybridized carbons (Fsp3) is 0.742. The van der Waals surface area contributed by atoms with Gasteiger partial charge in [-0.1, -0.05) is 98.9 Å². The number of carbonyl (C=O) groups excluding carboxylic acids is 2. The molecule has 21 N–H and O–H groups in total. The summed E-state index contributed by atoms with van der Waals surface area (Å²) in [6.07, 6.45) is -16.7. The van der Waals surface area contributed by atoms with Crippen molar-refractivity contribution >= 4 is 11.9 Å². The van der Waals surface area contributed by atoms with Gasteiger partial charge >= 0.3 is 5.97 Å². The number of aliphatic hydroxyl groups excluding tert-OH is 17. The maximum absolute atomic E-state index is 14.0. The molecule has 0 aliphatic carbocycles. The molecule has 30 heteroatoms. The standard InChI is InChI=1S/C62H100N2O28/c1-32-17-15-13-11-9-7-5-6-8-10-12-14-16-18-40(89-59-53(79)49(51(77)35(4)88-59)64-31-62(85)57(82)56(44(74)30-86-62)91-60-55(81)54(80)52(78)46(29-66)90-60)24-45-48(58(83)63-27-39(70)28-65)43(73)26-61(84,92-45)25-38(69)22-42(72)41(71)20-19-36(67)21-37(68)23-47(75)87-34(3)33(2)50(32)76/h5-18,32-46,48-57,59-60,64-74,76-82,84-85H,19-31H2,1-4H3,(H,63,83)/b6-5+,9-7+,10-8+,13-11+,14-12+,17-15+,18-16+/t32-,33?,34-,35+,36+,37+,38-,39?,40-,41+,42+,43-,44+,45?,46+,48?,49-,50+,51+,52+,53-,54-,55+,56+,57-,59?,60?,61+,62+/m0/s1. The maximum atomic E-state index is 14.0. The largest absolute Gasteiger partial charge is 0.462 e. The monoisotopic (exact) mass is 1320 g/mol. The first-order valence-electron chi connectivity index (χ1n) is 31.1. The molecule has 4 fully saturated rings. The zero-order valence-corrected chi connectivity index (χ0v) is 52.0. The van der Waals surface area contributed by atoms with Gasteiger partial charge in [-0.15, -0.1) is 0 Å². The number of allylic oxidation sites excluding steroid dienone is 12. The van der Waals surface area contributed by atoms with E-state index in [2.05, 4.69) is 10.6 Å². The molecule has 5 heterocycles. The van der Waals surface area contributed by atoms with Crippen LogP contribution in [0.3, 0.4) is 0 Å². The molecule has 5 rings (SSSR count). The van der Waals surface area contributed by atoms with Crippen LogP contribution in [0, 0.1) is 17.8 Å². The van der Waals surface area contributed by atoms with Gasteiger partial charge in [-0.25, -0.2) is 0 Å². The minimum absolute atomic E-state index is 0.179. The van der Waals surface area contributed by atoms with Crippen molar-refractivity contribution in [3.63, 3.8) is 0 Å². The molecule has 92 heavy (non-hydrogen) atoms. The molecule has 0 aromatic rings. The highest BCUT2D eigenvalue weighted by Crippen LogP contribution is 2.39. The Kier molecular flexibility index (Phi) is 32.2. The summed E-state index contributed by atoms with van der Waals surface area (Å²) in [5.74, 6) is -9.33. The van der Waals surface area contributed by atoms with Crippen molar-refractivity contribution in [2.75, 3.05) is 32.9 Å². The van der Waals surface area contributed by atoms with Crippen LogP contribution in [-0.2, 0) is 42.7 Å². The number of carbonyl (C=O) groups is 2. The van der Waals surface area contributed by atoms with Gasteiger partial charge in [-0.2, -0.15) is 0 Å². The third-order valence-corrected chi connectivity index (χ3v) is 17.1. The molecule has 1 amide bonds. The van der Waals surface area contributed by atoms with Crippen LogP contribution in [0.5, 0.6) is 0 Å². The van der Waals surface area contributed by atoms with Gasteiger partial charge in [0.05, 0.1) is 118 Å². The summed E-state index contributed by atoms with van der Waals surface area (Å²) in [5.41, 5.74) is 0. The van der Waals surface area contributed by atoms with Gasteiger partial charge in [-0.3, -0.25) is 9.59 Å². The summed E-state index contributed by atoms with van der Waals surface area (Å²) in [4.78, 5) is 26.7. The van der Waals surface area contributed by atoms with Crippen molar-refractivity contribution in [2.24, 2.45) is 17.8 Å². The maximum Gasteiger partial charge on any atom is 0.308 e. The molecule has 2 bridgehead atoms. The highest BCUT2D eigenvalue weighted by Gasteiger charge is 2.55. The van der Waals surface area contributed by atoms with Gasteiger partial charge in [0.1, 0.15) is 54.9 Å². The number of ether oxygens (including phenoxy) is 7. The van der Waals surface area contributed by atoms with E-state index >= 15 is 0 Å². The number of rotatable bonds is 12. The Balaban J connectivity index is 1.42. The Labute approximate surface area is 533 Å². The van der Waals surface area contributed by atoms with E-state index in [0.29, 0.717) is 0 Å². The van der Waals surface area contributed by atoms with E-state index in [0.717, 1.165) is 0 Å². The molecule has 0 spiro atoms. The lowest BCUT2D eigenvalue weighted by atomic mass is 9.82. The molecule has 0 aromatic carbocycles. The summed E-state index contributed by atoms with van der Waals surface area (Å²) in [7, 11) is 0. The van der Waals surface area contributed by atoms with Crippen LogP contribution in [0.1, 0.15) is 79.1 Å². The molecule has 29 atom stereocenters. The third-order valence-electron chi connectivity index (χ3n) is 17.1. The number of hydrogen-bond acceptors (Lipinski definition) is 29. The van der Waals surface area contributed by atoms with Crippen molar-refractivity contribution in [3.05, 3.63) is 85.1 Å². The molecule has 0 aromatic heterocycles. The molecule has 6 unspecified atom stereocenters. The van der Waals surface area contributed by atoms with Crippen LogP contribution < -0.4 is 10.6 Å². The normalized spacial score (nSPS) is 46.1. The fourth-order valence-electron chi connectivity index (χ4n) is 11.4. The zero-order chi connectivity index (χ0) is 68.2. The smallest absolute Gasteiger partial charge is 0.308 e. The van der Waals surface area contributed by atoms with Crippen molar-refractivity contribution in [3.8, 4) is 0 Å². The van der Waals surface area contributed by atoms with Crippen molar-refractivity contribution in [1.82, 2.24) is 10.6 Å². The van der Waals surface area contributed by atoms with Crippen molar-refractivity contribution < 1.29 is 140 Å². The average molecular weight is 1320 g/mol. The Morgan fingerprint density at radius 2 is 1.24 bits per heavy atom. The highest BCUT2D eigenvalue weighted by molar-refractivity contribution is 5.80. The van der Waals surface area contributed by atoms with E-state index in [1.807, 2.05) is 0 Å². The van der Waals surface area contributed by atoms with Crippen LogP contribution in [0.4, 0.5) is 0 Å². The molecule has 0 saturated carbocycles. The second-order valence-corrected chi connectivity index (χ2v) is 24.6. The van der Waals surface area contributed by atoms with E-state index in [4.69, 9.17) is 33.2 Å². The van der Waals surface area contributed by atoms with E-state index in [9.17, 15) is 107 Å². The fourth-order valence-corrected chi connectivity index (χ4v) is 11.4. The summed E-state index contributed by atoms with van der Waals surface area (Å²) in [6.45, 7) is 2.91. The number of fused-ring (bicyclic) bond motifs is 2. The Morgan fingerprint density at radius 1 is 0.630 bits per heavy atom. The Morgan fingerprint density at radius 3 is 1.86 bits per heavy atom. The first kappa shape index (κ1) is 78.8. The van der Waals surface area contributed by atoms with E-state index in [1.165, 1.54) is 19.1 Å². The van der Waals surface area contributed by atoms with Crippen molar-refractivity contribution in [2.45, 2.75) is 237 Å². The number of esters is 1. The number of nitrogens with one attached hydrogen (secondary N) is 2. The lowest BCUT2D eigenvalue weighted by molar-refractivity contribution is -0.368. The van der Waals surface area contributed by atoms with Gasteiger partial charge in [0.2, 0.25) is 11.7 Å². The first-order chi connectivity index (χ1) is 43.4. The van der Waals surface area contributed by atoms with Gasteiger partial charge in [0, 0.05) is 44.1 Å². The van der Waals surface area contributed by atoms with Crippen LogP contribution >= 0.6 is 0 Å². The summed E-state index contributed by atoms with van der Waals surface area (Å²) in [5, 5.41) is 212. The lowest BCUT2D eigenvalue weighted by Gasteiger charge is -2.48. The van der Waals surface area contributed by atoms with Gasteiger partial charge < -0.3 is 141 Å². The van der Waals surface area contributed by atoms with Crippen molar-refractivity contribution in [1.29, 1.82) is 0 Å². The van der Waals surface area contributed by atoms with Gasteiger partial charge in [-0.05, 0) is 33.1 Å². The highest BCUT2D eigenvalue weighted by atomic mass is 16.7. The predicted molar refractivity (Wildman–Crippen MR) is 321 cm³/mol. The minimum atomic E-state index is -2.70. The van der Waals surface area contributed by atoms with Gasteiger partial charge in [0.25, 0.3) is 0 Å². The molecule has 30 nitrogen and oxygen atoms in total. The lowest BCUT2D eigenvalue weighted by Crippen LogP contribution is -2.70. The molecule has 526 valence electrons. The summed E-state index contributed by atoms with van der Waals surface area (Å²) < 4.78 is 40.4. The molecular weight excluding hydrogens is 1220 g/mol. The Bertz CT molecular complexity index is 2430. The van der Waals surface area contributed by atoms with Crippen LogP contribution in [0.15, 0.2) is 85.1 Å². The topological polar surface area (TPSA) is 507 Å². The van der Waals surface area contributed by atoms with Crippen LogP contribution in [0.25, 0.3) is 0 Å². The third kappa shape index (κ3) is 23.1. The summed E-state index contributed by atoms with van der Waals surface area (Å²) in [6, 6.07) is -1.51. The SMILES string of the molecule is CC1[C@H](C)OC(=O)C[C@H](O)C[C@H](O)CC[C@@H](O)[C@H](O)C[C@H](O)C[C@]2(O)C[C@H](O)C(C(=O)NCC(O)CO)C(C[C@@H](OC3O[C@H](C)[C@@H](O)[C@H](NC[C@@]4(O)OC[C@@H](O)[C@@H](OC5O[C@H](CO)[C@@H](O)[C@H](O)[C@H]5O)[C@@H]4O)[C@@H]3O)/C=C/C=C/C=C/C=C/C=C/C=C/C=C/[C@H](C)[C@H]1O)O2. The first-order valence-corrected chi connectivity index (χ1v) is 31.1. The number of amides is 1. The predicted octanol–water partition coefficient (Wildman–Crippen LogP) is -5.65. The van der Waals surface area contributed by atoms with E-state index < -0.39 is 247 Å². The van der Waals surface area contributed by atoms with Crippen LogP contribution in [0.2, 0.25) is 0 Å². The molecule has 5 aliphatic heterocycles.